The summed E-state index contributed by atoms with van der Waals surface area (Å²) in [6.45, 7) is 2.36. The van der Waals surface area contributed by atoms with Crippen molar-refractivity contribution in [2.45, 2.75) is 13.8 Å². The highest BCUT2D eigenvalue weighted by Gasteiger charge is 2.04. The van der Waals surface area contributed by atoms with E-state index in [0.717, 1.165) is 10.3 Å². The molecule has 0 fully saturated rings. The number of hydrogen-bond donors (Lipinski definition) is 0. The van der Waals surface area contributed by atoms with Crippen LogP contribution in [-0.2, 0) is 14.3 Å². The highest BCUT2D eigenvalue weighted by molar-refractivity contribution is 5.82. The Hall–Kier alpha value is -2.69. The van der Waals surface area contributed by atoms with Gasteiger partial charge in [0.05, 0.1) is 0 Å². The first-order valence-corrected chi connectivity index (χ1v) is 5.93. The molecule has 2 rings (SSSR count). The fourth-order valence-electron chi connectivity index (χ4n) is 1.46. The van der Waals surface area contributed by atoms with Gasteiger partial charge in [-0.1, -0.05) is 18.2 Å². The summed E-state index contributed by atoms with van der Waals surface area (Å²) in [4.78, 5) is 19.6. The molecule has 0 radical (unpaired) electrons. The number of pyridine rings is 1. The summed E-state index contributed by atoms with van der Waals surface area (Å²) in [7, 11) is 0. The Balaban J connectivity index is 0.000000246. The molecule has 20 heavy (non-hydrogen) atoms. The van der Waals surface area contributed by atoms with Crippen LogP contribution in [0.1, 0.15) is 13.8 Å². The van der Waals surface area contributed by atoms with Gasteiger partial charge in [0.1, 0.15) is 0 Å². The van der Waals surface area contributed by atoms with Gasteiger partial charge in [0.2, 0.25) is 5.69 Å². The Morgan fingerprint density at radius 3 is 1.95 bits per heavy atom. The zero-order chi connectivity index (χ0) is 15.0. The molecule has 2 aromatic rings. The van der Waals surface area contributed by atoms with Gasteiger partial charge in [-0.2, -0.15) is 4.73 Å². The molecule has 5 heteroatoms. The van der Waals surface area contributed by atoms with Crippen LogP contribution in [-0.4, -0.2) is 11.9 Å². The van der Waals surface area contributed by atoms with Crippen molar-refractivity contribution >= 4 is 11.9 Å². The standard InChI is InChI=1S/C11H9NO.C4H6O3/c13-12-9-5-4-8-11(12)10-6-2-1-3-7-10;1-3(5)7-4(2)6/h1-9H;1-2H3. The molecular weight excluding hydrogens is 258 g/mol. The lowest BCUT2D eigenvalue weighted by molar-refractivity contribution is -0.593. The van der Waals surface area contributed by atoms with E-state index in [-0.39, 0.29) is 0 Å². The van der Waals surface area contributed by atoms with Gasteiger partial charge in [-0.15, -0.1) is 0 Å². The van der Waals surface area contributed by atoms with Crippen LogP contribution in [0.2, 0.25) is 0 Å². The van der Waals surface area contributed by atoms with E-state index in [4.69, 9.17) is 0 Å². The first kappa shape index (κ1) is 15.4. The Kier molecular flexibility index (Phi) is 5.90. The van der Waals surface area contributed by atoms with Crippen molar-refractivity contribution in [3.05, 3.63) is 59.9 Å². The van der Waals surface area contributed by atoms with Crippen molar-refractivity contribution in [1.29, 1.82) is 0 Å². The van der Waals surface area contributed by atoms with E-state index < -0.39 is 11.9 Å². The fourth-order valence-corrected chi connectivity index (χ4v) is 1.46. The molecule has 0 aliphatic rings. The molecule has 5 nitrogen and oxygen atoms in total. The van der Waals surface area contributed by atoms with E-state index in [1.54, 1.807) is 6.07 Å². The van der Waals surface area contributed by atoms with E-state index in [2.05, 4.69) is 4.74 Å². The lowest BCUT2D eigenvalue weighted by atomic mass is 10.1. The molecule has 1 aromatic heterocycles. The number of rotatable bonds is 1. The monoisotopic (exact) mass is 273 g/mol. The van der Waals surface area contributed by atoms with Crippen molar-refractivity contribution in [3.63, 3.8) is 0 Å². The normalized spacial score (nSPS) is 9.10. The van der Waals surface area contributed by atoms with E-state index in [1.807, 2.05) is 42.5 Å². The van der Waals surface area contributed by atoms with Gasteiger partial charge in [-0.25, -0.2) is 0 Å². The van der Waals surface area contributed by atoms with Crippen LogP contribution in [0.5, 0.6) is 0 Å². The Labute approximate surface area is 117 Å². The van der Waals surface area contributed by atoms with Crippen molar-refractivity contribution in [2.75, 3.05) is 0 Å². The number of aromatic nitrogens is 1. The largest absolute Gasteiger partial charge is 0.618 e. The van der Waals surface area contributed by atoms with Crippen LogP contribution >= 0.6 is 0 Å². The molecule has 1 heterocycles. The summed E-state index contributed by atoms with van der Waals surface area (Å²) in [5.74, 6) is -1.12. The average molecular weight is 273 g/mol. The highest BCUT2D eigenvalue weighted by atomic mass is 16.6. The molecule has 0 atom stereocenters. The molecule has 0 saturated carbocycles. The second kappa shape index (κ2) is 7.68. The first-order chi connectivity index (χ1) is 9.50. The molecule has 1 aromatic carbocycles. The minimum Gasteiger partial charge on any atom is -0.618 e. The van der Waals surface area contributed by atoms with Crippen LogP contribution in [0.3, 0.4) is 0 Å². The summed E-state index contributed by atoms with van der Waals surface area (Å²) in [5.41, 5.74) is 1.63. The van der Waals surface area contributed by atoms with Gasteiger partial charge in [0, 0.05) is 31.5 Å². The minimum atomic E-state index is -0.562. The van der Waals surface area contributed by atoms with Crippen LogP contribution in [0, 0.1) is 5.21 Å². The predicted molar refractivity (Wildman–Crippen MR) is 73.3 cm³/mol. The lowest BCUT2D eigenvalue weighted by Gasteiger charge is -2.02. The van der Waals surface area contributed by atoms with Crippen LogP contribution < -0.4 is 4.73 Å². The third-order valence-corrected chi connectivity index (χ3v) is 2.18. The predicted octanol–water partition coefficient (Wildman–Crippen LogP) is 2.08. The fraction of sp³-hybridized carbons (Fsp3) is 0.133. The quantitative estimate of drug-likeness (QED) is 0.345. The third-order valence-electron chi connectivity index (χ3n) is 2.18. The number of carbonyl (C=O) groups excluding carboxylic acids is 2. The van der Waals surface area contributed by atoms with Crippen molar-refractivity contribution < 1.29 is 19.1 Å². The Bertz CT molecular complexity index is 569. The molecule has 0 bridgehead atoms. The van der Waals surface area contributed by atoms with E-state index in [9.17, 15) is 14.8 Å². The summed E-state index contributed by atoms with van der Waals surface area (Å²) in [6, 6.07) is 15.0. The summed E-state index contributed by atoms with van der Waals surface area (Å²) in [6.07, 6.45) is 1.50. The second-order valence-corrected chi connectivity index (χ2v) is 3.86. The van der Waals surface area contributed by atoms with Crippen LogP contribution in [0.15, 0.2) is 54.7 Å². The molecule has 0 amide bonds. The zero-order valence-electron chi connectivity index (χ0n) is 11.3. The molecule has 0 spiro atoms. The topological polar surface area (TPSA) is 70.3 Å². The average Bonchev–Trinajstić information content (AvgIpc) is 2.39. The van der Waals surface area contributed by atoms with Gasteiger partial charge >= 0.3 is 11.9 Å². The number of benzene rings is 1. The summed E-state index contributed by atoms with van der Waals surface area (Å²) < 4.78 is 4.84. The minimum absolute atomic E-state index is 0.562. The smallest absolute Gasteiger partial charge is 0.310 e. The van der Waals surface area contributed by atoms with Crippen molar-refractivity contribution in [1.82, 2.24) is 0 Å². The molecule has 104 valence electrons. The maximum Gasteiger partial charge on any atom is 0.310 e. The van der Waals surface area contributed by atoms with Crippen molar-refractivity contribution in [2.24, 2.45) is 0 Å². The van der Waals surface area contributed by atoms with Gasteiger partial charge in [-0.3, -0.25) is 9.59 Å². The van der Waals surface area contributed by atoms with Gasteiger partial charge in [0.15, 0.2) is 6.20 Å². The number of nitrogens with zero attached hydrogens (tertiary/aromatic N) is 1. The highest BCUT2D eigenvalue weighted by Crippen LogP contribution is 2.12. The Morgan fingerprint density at radius 1 is 0.950 bits per heavy atom. The maximum atomic E-state index is 11.3. The number of hydrogen-bond acceptors (Lipinski definition) is 4. The molecule has 0 saturated heterocycles. The van der Waals surface area contributed by atoms with E-state index in [1.165, 1.54) is 20.0 Å². The summed E-state index contributed by atoms with van der Waals surface area (Å²) >= 11 is 0. The molecule has 0 aliphatic carbocycles. The number of carbonyl (C=O) groups is 2. The number of esters is 2. The molecular formula is C15H15NO4. The number of ether oxygens (including phenoxy) is 1. The third kappa shape index (κ3) is 5.30. The lowest BCUT2D eigenvalue weighted by Crippen LogP contribution is -2.27. The Morgan fingerprint density at radius 2 is 1.50 bits per heavy atom. The van der Waals surface area contributed by atoms with E-state index >= 15 is 0 Å². The molecule has 0 aliphatic heterocycles. The van der Waals surface area contributed by atoms with Crippen molar-refractivity contribution in [3.8, 4) is 11.3 Å². The first-order valence-electron chi connectivity index (χ1n) is 5.93. The van der Waals surface area contributed by atoms with Gasteiger partial charge in [0.25, 0.3) is 0 Å². The van der Waals surface area contributed by atoms with Gasteiger partial charge < -0.3 is 9.94 Å². The van der Waals surface area contributed by atoms with Crippen LogP contribution in [0.4, 0.5) is 0 Å². The molecule has 0 N–H and O–H groups in total. The van der Waals surface area contributed by atoms with E-state index in [0.29, 0.717) is 5.69 Å². The van der Waals surface area contributed by atoms with Crippen LogP contribution in [0.25, 0.3) is 11.3 Å². The second-order valence-electron chi connectivity index (χ2n) is 3.86. The summed E-state index contributed by atoms with van der Waals surface area (Å²) in [5, 5.41) is 11.3. The maximum absolute atomic E-state index is 11.3. The van der Waals surface area contributed by atoms with Gasteiger partial charge in [-0.05, 0) is 18.2 Å². The zero-order valence-corrected chi connectivity index (χ0v) is 11.3. The molecule has 0 unspecified atom stereocenters. The SMILES string of the molecule is CC(=O)OC(C)=O.[O-][n+]1ccccc1-c1ccccc1.